The highest BCUT2D eigenvalue weighted by Gasteiger charge is 2.35. The average Bonchev–Trinajstić information content (AvgIpc) is 3.27. The Morgan fingerprint density at radius 3 is 2.30 bits per heavy atom. The number of nitrogens with zero attached hydrogens (tertiary/aromatic N) is 2. The summed E-state index contributed by atoms with van der Waals surface area (Å²) < 4.78 is 82.4. The van der Waals surface area contributed by atoms with E-state index in [9.17, 15) is 36.0 Å². The Hall–Kier alpha value is -4.05. The lowest BCUT2D eigenvalue weighted by Crippen LogP contribution is -2.19. The van der Waals surface area contributed by atoms with Gasteiger partial charge in [0, 0.05) is 12.0 Å². The summed E-state index contributed by atoms with van der Waals surface area (Å²) in [6, 6.07) is 4.78. The molecular formula is C27H28F3N3O8S2. The molecule has 2 heterocycles. The van der Waals surface area contributed by atoms with Gasteiger partial charge in [-0.25, -0.2) is 23.2 Å². The van der Waals surface area contributed by atoms with Crippen LogP contribution in [0.4, 0.5) is 18.2 Å². The van der Waals surface area contributed by atoms with Crippen LogP contribution in [-0.4, -0.2) is 62.6 Å². The summed E-state index contributed by atoms with van der Waals surface area (Å²) >= 11 is 0.877. The molecule has 0 aliphatic rings. The summed E-state index contributed by atoms with van der Waals surface area (Å²) in [5.74, 6) is -2.02. The van der Waals surface area contributed by atoms with Gasteiger partial charge in [0.1, 0.15) is 10.7 Å². The predicted molar refractivity (Wildman–Crippen MR) is 151 cm³/mol. The van der Waals surface area contributed by atoms with Crippen molar-refractivity contribution in [3.63, 3.8) is 0 Å². The normalized spacial score (nSPS) is 11.6. The highest BCUT2D eigenvalue weighted by Crippen LogP contribution is 2.36. The van der Waals surface area contributed by atoms with Crippen LogP contribution < -0.4 is 14.8 Å². The van der Waals surface area contributed by atoms with E-state index in [2.05, 4.69) is 15.3 Å². The molecule has 0 unspecified atom stereocenters. The molecule has 0 saturated carbocycles. The van der Waals surface area contributed by atoms with Crippen LogP contribution in [0.15, 0.2) is 29.4 Å². The smallest absolute Gasteiger partial charge is 0.433 e. The molecule has 2 aromatic heterocycles. The molecule has 0 aliphatic carbocycles. The molecule has 1 aromatic carbocycles. The molecule has 0 atom stereocenters. The number of carbonyl (C=O) groups excluding carboxylic acids is 3. The Bertz CT molecular complexity index is 1650. The van der Waals surface area contributed by atoms with Crippen LogP contribution in [0.2, 0.25) is 0 Å². The van der Waals surface area contributed by atoms with Crippen LogP contribution >= 0.6 is 11.3 Å². The second kappa shape index (κ2) is 13.5. The third-order valence-electron chi connectivity index (χ3n) is 5.97. The fourth-order valence-corrected chi connectivity index (χ4v) is 6.23. The van der Waals surface area contributed by atoms with Gasteiger partial charge in [0.15, 0.2) is 17.3 Å². The topological polar surface area (TPSA) is 151 Å². The molecule has 16 heteroatoms. The number of anilines is 1. The zero-order chi connectivity index (χ0) is 32.1. The van der Waals surface area contributed by atoms with Crippen LogP contribution in [0.1, 0.15) is 58.0 Å². The Morgan fingerprint density at radius 2 is 1.72 bits per heavy atom. The van der Waals surface area contributed by atoms with Crippen molar-refractivity contribution in [2.24, 2.45) is 0 Å². The van der Waals surface area contributed by atoms with Crippen molar-refractivity contribution in [1.29, 1.82) is 0 Å². The van der Waals surface area contributed by atoms with Crippen molar-refractivity contribution >= 4 is 43.8 Å². The number of ether oxygens (including phenoxy) is 3. The van der Waals surface area contributed by atoms with Gasteiger partial charge in [-0.15, -0.1) is 11.3 Å². The molecule has 0 fully saturated rings. The molecule has 0 bridgehead atoms. The Labute approximate surface area is 249 Å². The van der Waals surface area contributed by atoms with Gasteiger partial charge < -0.3 is 19.5 Å². The number of alkyl halides is 3. The second-order valence-electron chi connectivity index (χ2n) is 9.00. The molecule has 1 amide bonds. The lowest BCUT2D eigenvalue weighted by atomic mass is 10.1. The lowest BCUT2D eigenvalue weighted by Gasteiger charge is -2.13. The fourth-order valence-electron chi connectivity index (χ4n) is 3.94. The van der Waals surface area contributed by atoms with E-state index >= 15 is 0 Å². The maximum atomic E-state index is 13.7. The van der Waals surface area contributed by atoms with Crippen molar-refractivity contribution in [3.8, 4) is 22.8 Å². The van der Waals surface area contributed by atoms with Gasteiger partial charge in [-0.2, -0.15) is 13.2 Å². The van der Waals surface area contributed by atoms with Gasteiger partial charge in [0.25, 0.3) is 0 Å². The third-order valence-corrected chi connectivity index (χ3v) is 8.84. The maximum Gasteiger partial charge on any atom is 0.433 e. The number of hydrogen-bond donors (Lipinski definition) is 1. The lowest BCUT2D eigenvalue weighted by molar-refractivity contribution is -0.141. The summed E-state index contributed by atoms with van der Waals surface area (Å²) in [6.45, 7) is 4.49. The summed E-state index contributed by atoms with van der Waals surface area (Å²) in [5, 5.41) is 1.51. The van der Waals surface area contributed by atoms with Gasteiger partial charge in [-0.05, 0) is 57.0 Å². The van der Waals surface area contributed by atoms with Crippen LogP contribution in [0.5, 0.6) is 11.5 Å². The minimum atomic E-state index is -4.98. The maximum absolute atomic E-state index is 13.7. The Kier molecular flexibility index (Phi) is 10.5. The van der Waals surface area contributed by atoms with E-state index in [1.165, 1.54) is 46.3 Å². The quantitative estimate of drug-likeness (QED) is 0.160. The zero-order valence-corrected chi connectivity index (χ0v) is 25.4. The average molecular weight is 644 g/mol. The van der Waals surface area contributed by atoms with Gasteiger partial charge in [0.2, 0.25) is 20.9 Å². The van der Waals surface area contributed by atoms with Crippen LogP contribution in [0.25, 0.3) is 11.3 Å². The summed E-state index contributed by atoms with van der Waals surface area (Å²) in [6.07, 6.45) is -5.67. The van der Waals surface area contributed by atoms with Crippen molar-refractivity contribution < 1.29 is 50.2 Å². The summed E-state index contributed by atoms with van der Waals surface area (Å²) in [7, 11) is -1.79. The molecule has 43 heavy (non-hydrogen) atoms. The first-order valence-corrected chi connectivity index (χ1v) is 15.1. The number of carbonyl (C=O) groups is 3. The number of amides is 1. The van der Waals surface area contributed by atoms with Gasteiger partial charge in [0.05, 0.1) is 42.7 Å². The number of nitrogens with one attached hydrogen (secondary N) is 1. The Morgan fingerprint density at radius 1 is 1.05 bits per heavy atom. The van der Waals surface area contributed by atoms with E-state index in [-0.39, 0.29) is 57.7 Å². The molecule has 3 rings (SSSR count). The first kappa shape index (κ1) is 33.5. The van der Waals surface area contributed by atoms with Gasteiger partial charge >= 0.3 is 12.1 Å². The number of ketones is 1. The summed E-state index contributed by atoms with van der Waals surface area (Å²) in [5.41, 5.74) is -1.32. The van der Waals surface area contributed by atoms with E-state index < -0.39 is 44.5 Å². The highest BCUT2D eigenvalue weighted by atomic mass is 32.2. The van der Waals surface area contributed by atoms with Crippen molar-refractivity contribution in [2.45, 2.75) is 44.9 Å². The monoisotopic (exact) mass is 643 g/mol. The largest absolute Gasteiger partial charge is 0.493 e. The molecule has 3 aromatic rings. The number of halogens is 3. The molecule has 0 saturated heterocycles. The number of aromatic nitrogens is 2. The molecule has 1 N–H and O–H groups in total. The predicted octanol–water partition coefficient (Wildman–Crippen LogP) is 5.12. The molecule has 232 valence electrons. The first-order valence-electron chi connectivity index (χ1n) is 12.7. The van der Waals surface area contributed by atoms with Crippen LogP contribution in [0, 0.1) is 6.92 Å². The molecule has 0 aliphatic heterocycles. The standard InChI is InChI=1S/C27H28F3N3O8S2/c1-6-41-25(36)22-14(2)23(15(3)34)42-24(22)33-21(35)8-7-11-43(37,38)26-31-17(13-20(32-26)27(28,29)30)16-9-10-18(39-4)19(12-16)40-5/h9-10,12-13H,6-8,11H2,1-5H3,(H,33,35). The Balaban J connectivity index is 1.84. The second-order valence-corrected chi connectivity index (χ2v) is 12.0. The van der Waals surface area contributed by atoms with Crippen LogP contribution in [0.3, 0.4) is 0 Å². The zero-order valence-electron chi connectivity index (χ0n) is 23.7. The number of thiophene rings is 1. The number of hydrogen-bond acceptors (Lipinski definition) is 11. The summed E-state index contributed by atoms with van der Waals surface area (Å²) in [4.78, 5) is 44.4. The molecule has 0 radical (unpaired) electrons. The minimum Gasteiger partial charge on any atom is -0.493 e. The molecule has 0 spiro atoms. The van der Waals surface area contributed by atoms with E-state index in [0.717, 1.165) is 11.3 Å². The number of Topliss-reactive ketones (excluding diaryl/α,β-unsaturated/α-hetero) is 1. The van der Waals surface area contributed by atoms with Crippen LogP contribution in [-0.2, 0) is 25.5 Å². The molecule has 11 nitrogen and oxygen atoms in total. The van der Waals surface area contributed by atoms with E-state index in [1.807, 2.05) is 0 Å². The SMILES string of the molecule is CCOC(=O)c1c(NC(=O)CCCS(=O)(=O)c2nc(-c3ccc(OC)c(OC)c3)cc(C(F)(F)F)n2)sc(C(C)=O)c1C. The fraction of sp³-hybridized carbons (Fsp3) is 0.370. The van der Waals surface area contributed by atoms with Crippen molar-refractivity contribution in [3.05, 3.63) is 46.0 Å². The minimum absolute atomic E-state index is 0.0121. The van der Waals surface area contributed by atoms with Crippen molar-refractivity contribution in [2.75, 3.05) is 31.9 Å². The van der Waals surface area contributed by atoms with E-state index in [0.29, 0.717) is 17.4 Å². The van der Waals surface area contributed by atoms with Crippen molar-refractivity contribution in [1.82, 2.24) is 9.97 Å². The van der Waals surface area contributed by atoms with E-state index in [4.69, 9.17) is 14.2 Å². The first-order chi connectivity index (χ1) is 20.1. The number of sulfone groups is 1. The van der Waals surface area contributed by atoms with E-state index in [1.54, 1.807) is 6.92 Å². The number of rotatable bonds is 12. The number of esters is 1. The highest BCUT2D eigenvalue weighted by molar-refractivity contribution is 7.91. The van der Waals surface area contributed by atoms with Gasteiger partial charge in [-0.3, -0.25) is 9.59 Å². The van der Waals surface area contributed by atoms with Gasteiger partial charge in [-0.1, -0.05) is 0 Å². The molecular weight excluding hydrogens is 615 g/mol. The number of methoxy groups -OCH3 is 2. The number of benzene rings is 1. The third kappa shape index (κ3) is 7.87.